The van der Waals surface area contributed by atoms with E-state index in [0.717, 1.165) is 32.0 Å². The summed E-state index contributed by atoms with van der Waals surface area (Å²) in [6.45, 7) is 4.38. The van der Waals surface area contributed by atoms with E-state index >= 15 is 0 Å². The number of carbonyl (C=O) groups excluding carboxylic acids is 1. The third-order valence-corrected chi connectivity index (χ3v) is 1.91. The quantitative estimate of drug-likeness (QED) is 0.323. The molecule has 0 unspecified atom stereocenters. The van der Waals surface area contributed by atoms with E-state index in [0.29, 0.717) is 0 Å². The molecule has 0 aliphatic rings. The van der Waals surface area contributed by atoms with Gasteiger partial charge in [-0.3, -0.25) is 0 Å². The van der Waals surface area contributed by atoms with Crippen molar-refractivity contribution in [1.29, 1.82) is 0 Å². The van der Waals surface area contributed by atoms with Crippen LogP contribution < -0.4 is 0 Å². The van der Waals surface area contributed by atoms with E-state index in [1.165, 1.54) is 18.4 Å². The molecule has 0 radical (unpaired) electrons. The molecule has 1 nitrogen and oxygen atoms in total. The van der Waals surface area contributed by atoms with Crippen LogP contribution in [0.1, 0.15) is 52.4 Å². The van der Waals surface area contributed by atoms with E-state index < -0.39 is 0 Å². The van der Waals surface area contributed by atoms with Crippen LogP contribution in [0, 0.1) is 0 Å². The largest absolute Gasteiger partial charge is 0.303 e. The van der Waals surface area contributed by atoms with Crippen molar-refractivity contribution in [3.8, 4) is 0 Å². The lowest BCUT2D eigenvalue weighted by Gasteiger charge is -1.97. The van der Waals surface area contributed by atoms with Gasteiger partial charge in [0.05, 0.1) is 0 Å². The molecule has 0 aliphatic carbocycles. The fraction of sp³-hybridized carbons (Fsp3) is 0.727. The van der Waals surface area contributed by atoms with Crippen LogP contribution in [0.5, 0.6) is 0 Å². The van der Waals surface area contributed by atoms with E-state index in [1.54, 1.807) is 0 Å². The van der Waals surface area contributed by atoms with Gasteiger partial charge in [-0.15, -0.1) is 0 Å². The van der Waals surface area contributed by atoms with Crippen LogP contribution in [-0.4, -0.2) is 6.29 Å². The maximum atomic E-state index is 9.99. The summed E-state index contributed by atoms with van der Waals surface area (Å²) in [6, 6.07) is 0. The molecule has 0 spiro atoms. The Labute approximate surface area is 75.9 Å². The highest BCUT2D eigenvalue weighted by atomic mass is 16.1. The lowest BCUT2D eigenvalue weighted by molar-refractivity contribution is -0.107. The summed E-state index contributed by atoms with van der Waals surface area (Å²) in [7, 11) is 0. The highest BCUT2D eigenvalue weighted by Crippen LogP contribution is 2.07. The molecule has 0 amide bonds. The molecule has 0 bridgehead atoms. The Hall–Kier alpha value is -0.590. The van der Waals surface area contributed by atoms with Gasteiger partial charge in [0.15, 0.2) is 0 Å². The van der Waals surface area contributed by atoms with Crippen LogP contribution in [0.2, 0.25) is 0 Å². The van der Waals surface area contributed by atoms with Crippen molar-refractivity contribution in [2.24, 2.45) is 0 Å². The van der Waals surface area contributed by atoms with Crippen LogP contribution in [0.25, 0.3) is 0 Å². The molecule has 0 aliphatic heterocycles. The van der Waals surface area contributed by atoms with Crippen molar-refractivity contribution in [2.45, 2.75) is 52.4 Å². The van der Waals surface area contributed by atoms with E-state index in [4.69, 9.17) is 0 Å². The van der Waals surface area contributed by atoms with E-state index in [-0.39, 0.29) is 0 Å². The van der Waals surface area contributed by atoms with E-state index in [1.807, 2.05) is 0 Å². The van der Waals surface area contributed by atoms with Gasteiger partial charge < -0.3 is 4.79 Å². The maximum Gasteiger partial charge on any atom is 0.119 e. The lowest BCUT2D eigenvalue weighted by atomic mass is 10.1. The second-order valence-corrected chi connectivity index (χ2v) is 3.25. The monoisotopic (exact) mass is 168 g/mol. The van der Waals surface area contributed by atoms with Crippen molar-refractivity contribution >= 4 is 6.29 Å². The molecule has 0 rings (SSSR count). The Bertz CT molecular complexity index is 136. The third-order valence-electron chi connectivity index (χ3n) is 1.91. The summed E-state index contributed by atoms with van der Waals surface area (Å²) in [5.74, 6) is 0. The van der Waals surface area contributed by atoms with Crippen LogP contribution in [0.15, 0.2) is 11.6 Å². The Morgan fingerprint density at radius 1 is 1.25 bits per heavy atom. The summed E-state index contributed by atoms with van der Waals surface area (Å²) in [4.78, 5) is 9.99. The number of hydrogen-bond acceptors (Lipinski definition) is 1. The van der Waals surface area contributed by atoms with Crippen molar-refractivity contribution < 1.29 is 4.79 Å². The number of unbranched alkanes of at least 4 members (excludes halogenated alkanes) is 3. The van der Waals surface area contributed by atoms with Gasteiger partial charge in [0.1, 0.15) is 6.29 Å². The Morgan fingerprint density at radius 3 is 2.50 bits per heavy atom. The highest BCUT2D eigenvalue weighted by molar-refractivity contribution is 5.48. The molecule has 0 heterocycles. The minimum atomic E-state index is 0.723. The number of hydrogen-bond donors (Lipinski definition) is 0. The van der Waals surface area contributed by atoms with Gasteiger partial charge in [0, 0.05) is 6.42 Å². The van der Waals surface area contributed by atoms with Gasteiger partial charge >= 0.3 is 0 Å². The minimum Gasteiger partial charge on any atom is -0.303 e. The fourth-order valence-electron chi connectivity index (χ4n) is 1.22. The van der Waals surface area contributed by atoms with Crippen molar-refractivity contribution in [2.75, 3.05) is 0 Å². The second kappa shape index (κ2) is 8.51. The maximum absolute atomic E-state index is 9.99. The van der Waals surface area contributed by atoms with Gasteiger partial charge in [-0.05, 0) is 32.6 Å². The summed E-state index contributed by atoms with van der Waals surface area (Å²) in [5, 5.41) is 0. The molecular weight excluding hydrogens is 148 g/mol. The standard InChI is InChI=1S/C11H20O/c1-3-8-11(2)9-6-4-5-7-10-12/h9-10H,3-8H2,1-2H3. The molecule has 0 saturated heterocycles. The number of allylic oxidation sites excluding steroid dienone is 2. The summed E-state index contributed by atoms with van der Waals surface area (Å²) in [6.07, 6.45) is 9.81. The van der Waals surface area contributed by atoms with Crippen LogP contribution in [0.3, 0.4) is 0 Å². The summed E-state index contributed by atoms with van der Waals surface area (Å²) in [5.41, 5.74) is 1.49. The Morgan fingerprint density at radius 2 is 1.92 bits per heavy atom. The van der Waals surface area contributed by atoms with Crippen molar-refractivity contribution in [3.63, 3.8) is 0 Å². The SMILES string of the molecule is CCCC(C)=CCCCCC=O. The van der Waals surface area contributed by atoms with Gasteiger partial charge in [0.25, 0.3) is 0 Å². The predicted molar refractivity (Wildman–Crippen MR) is 53.2 cm³/mol. The Kier molecular flexibility index (Phi) is 8.09. The molecule has 1 heteroatoms. The first kappa shape index (κ1) is 11.4. The van der Waals surface area contributed by atoms with Gasteiger partial charge in [-0.25, -0.2) is 0 Å². The summed E-state index contributed by atoms with van der Waals surface area (Å²) >= 11 is 0. The first-order valence-corrected chi connectivity index (χ1v) is 4.90. The third kappa shape index (κ3) is 7.52. The molecule has 0 aromatic heterocycles. The number of carbonyl (C=O) groups is 1. The normalized spacial score (nSPS) is 11.7. The summed E-state index contributed by atoms with van der Waals surface area (Å²) < 4.78 is 0. The first-order valence-electron chi connectivity index (χ1n) is 4.90. The molecule has 0 aromatic carbocycles. The molecule has 0 saturated carbocycles. The molecule has 12 heavy (non-hydrogen) atoms. The van der Waals surface area contributed by atoms with Gasteiger partial charge in [0.2, 0.25) is 0 Å². The van der Waals surface area contributed by atoms with E-state index in [2.05, 4.69) is 19.9 Å². The predicted octanol–water partition coefficient (Wildman–Crippen LogP) is 3.49. The molecule has 0 aromatic rings. The van der Waals surface area contributed by atoms with Crippen molar-refractivity contribution in [1.82, 2.24) is 0 Å². The topological polar surface area (TPSA) is 17.1 Å². The molecular formula is C11H20O. The highest BCUT2D eigenvalue weighted by Gasteiger charge is 1.88. The van der Waals surface area contributed by atoms with E-state index in [9.17, 15) is 4.79 Å². The second-order valence-electron chi connectivity index (χ2n) is 3.25. The zero-order valence-electron chi connectivity index (χ0n) is 8.31. The molecule has 70 valence electrons. The number of rotatable bonds is 7. The number of aldehydes is 1. The van der Waals surface area contributed by atoms with Crippen LogP contribution in [-0.2, 0) is 4.79 Å². The average molecular weight is 168 g/mol. The van der Waals surface area contributed by atoms with Gasteiger partial charge in [-0.1, -0.05) is 25.0 Å². The smallest absolute Gasteiger partial charge is 0.119 e. The average Bonchev–Trinajstić information content (AvgIpc) is 2.05. The molecule has 0 atom stereocenters. The molecule has 0 fully saturated rings. The minimum absolute atomic E-state index is 0.723. The Balaban J connectivity index is 3.26. The fourth-order valence-corrected chi connectivity index (χ4v) is 1.22. The van der Waals surface area contributed by atoms with Crippen LogP contribution in [0.4, 0.5) is 0 Å². The van der Waals surface area contributed by atoms with Crippen molar-refractivity contribution in [3.05, 3.63) is 11.6 Å². The lowest BCUT2D eigenvalue weighted by Crippen LogP contribution is -1.79. The van der Waals surface area contributed by atoms with Gasteiger partial charge in [-0.2, -0.15) is 0 Å². The zero-order chi connectivity index (χ0) is 9.23. The zero-order valence-corrected chi connectivity index (χ0v) is 8.31. The van der Waals surface area contributed by atoms with Crippen LogP contribution >= 0.6 is 0 Å². The molecule has 0 N–H and O–H groups in total. The first-order chi connectivity index (χ1) is 5.81.